The summed E-state index contributed by atoms with van der Waals surface area (Å²) in [5.74, 6) is 0.127. The van der Waals surface area contributed by atoms with Crippen LogP contribution < -0.4 is 15.4 Å². The van der Waals surface area contributed by atoms with Crippen molar-refractivity contribution in [2.24, 2.45) is 0 Å². The number of nitrogens with zero attached hydrogens (tertiary/aromatic N) is 2. The molecule has 0 saturated heterocycles. The Morgan fingerprint density at radius 1 is 1.17 bits per heavy atom. The minimum absolute atomic E-state index is 0.361. The van der Waals surface area contributed by atoms with E-state index in [-0.39, 0.29) is 5.82 Å². The van der Waals surface area contributed by atoms with Crippen LogP contribution in [0.4, 0.5) is 15.8 Å². The Bertz CT molecular complexity index is 1130. The van der Waals surface area contributed by atoms with Gasteiger partial charge >= 0.3 is 0 Å². The number of hydrogen-bond donors (Lipinski definition) is 2. The second kappa shape index (κ2) is 8.55. The average molecular weight is 409 g/mol. The molecule has 29 heavy (non-hydrogen) atoms. The molecule has 0 aliphatic heterocycles. The molecule has 148 valence electrons. The van der Waals surface area contributed by atoms with Crippen molar-refractivity contribution in [2.75, 3.05) is 19.5 Å². The van der Waals surface area contributed by atoms with Crippen LogP contribution in [-0.4, -0.2) is 23.1 Å². The fourth-order valence-electron chi connectivity index (χ4n) is 3.15. The van der Waals surface area contributed by atoms with Crippen LogP contribution in [0.5, 0.6) is 5.75 Å². The van der Waals surface area contributed by atoms with E-state index < -0.39 is 0 Å². The van der Waals surface area contributed by atoms with Gasteiger partial charge in [-0.1, -0.05) is 6.07 Å². The zero-order valence-corrected chi connectivity index (χ0v) is 17.0. The quantitative estimate of drug-likeness (QED) is 0.440. The molecule has 2 aromatic heterocycles. The lowest BCUT2D eigenvalue weighted by molar-refractivity contribution is 0.411. The summed E-state index contributed by atoms with van der Waals surface area (Å²) in [5, 5.41) is 7.53. The van der Waals surface area contributed by atoms with Crippen molar-refractivity contribution in [3.8, 4) is 5.75 Å². The molecular formula is C22H21FN4OS. The Labute approximate surface area is 173 Å². The smallest absolute Gasteiger partial charge is 0.150 e. The monoisotopic (exact) mass is 408 g/mol. The van der Waals surface area contributed by atoms with Gasteiger partial charge in [0.2, 0.25) is 0 Å². The van der Waals surface area contributed by atoms with E-state index in [1.54, 1.807) is 30.3 Å². The van der Waals surface area contributed by atoms with Crippen LogP contribution >= 0.6 is 11.9 Å². The van der Waals surface area contributed by atoms with E-state index in [0.717, 1.165) is 28.0 Å². The highest BCUT2D eigenvalue weighted by Gasteiger charge is 2.12. The highest BCUT2D eigenvalue weighted by molar-refractivity contribution is 7.98. The summed E-state index contributed by atoms with van der Waals surface area (Å²) in [6, 6.07) is 14.8. The van der Waals surface area contributed by atoms with Gasteiger partial charge in [-0.05, 0) is 61.0 Å². The Morgan fingerprint density at radius 2 is 2.07 bits per heavy atom. The van der Waals surface area contributed by atoms with Gasteiger partial charge < -0.3 is 15.4 Å². The molecule has 0 radical (unpaired) electrons. The topological polar surface area (TPSA) is 51.1 Å². The molecule has 0 amide bonds. The van der Waals surface area contributed by atoms with Gasteiger partial charge in [-0.3, -0.25) is 8.96 Å². The normalized spacial score (nSPS) is 11.0. The largest absolute Gasteiger partial charge is 0.497 e. The number of pyridine rings is 1. The zero-order chi connectivity index (χ0) is 20.2. The molecule has 0 unspecified atom stereocenters. The molecule has 0 bridgehead atoms. The Balaban J connectivity index is 1.70. The highest BCUT2D eigenvalue weighted by atomic mass is 32.2. The van der Waals surface area contributed by atoms with E-state index in [0.29, 0.717) is 11.4 Å². The summed E-state index contributed by atoms with van der Waals surface area (Å²) < 4.78 is 21.5. The van der Waals surface area contributed by atoms with Crippen LogP contribution in [0.15, 0.2) is 72.0 Å². The maximum absolute atomic E-state index is 14.3. The molecule has 7 heteroatoms. The Kier molecular flexibility index (Phi) is 5.69. The van der Waals surface area contributed by atoms with E-state index in [1.807, 2.05) is 37.5 Å². The third-order valence-electron chi connectivity index (χ3n) is 4.51. The number of aromatic nitrogens is 2. The molecule has 0 aliphatic rings. The van der Waals surface area contributed by atoms with Crippen LogP contribution in [0.1, 0.15) is 5.56 Å². The van der Waals surface area contributed by atoms with Gasteiger partial charge in [0.05, 0.1) is 18.3 Å². The highest BCUT2D eigenvalue weighted by Crippen LogP contribution is 2.32. The number of rotatable bonds is 7. The lowest BCUT2D eigenvalue weighted by Crippen LogP contribution is -2.04. The van der Waals surface area contributed by atoms with Gasteiger partial charge in [0.15, 0.2) is 0 Å². The van der Waals surface area contributed by atoms with Crippen molar-refractivity contribution in [1.82, 2.24) is 14.3 Å². The number of halogens is 1. The number of fused-ring (bicyclic) bond motifs is 1. The first-order chi connectivity index (χ1) is 14.2. The standard InChI is InChI=1S/C22H21FN4OS/c1-24-12-15-14-27(29-18-4-3-9-25-13-18)22-10-16(5-7-19(15)22)26-21-8-6-17(28-2)11-20(21)23/h3-11,13-14,24,26H,12H2,1-2H3. The van der Waals surface area contributed by atoms with Crippen molar-refractivity contribution >= 4 is 34.2 Å². The fourth-order valence-corrected chi connectivity index (χ4v) is 4.05. The van der Waals surface area contributed by atoms with Crippen LogP contribution in [-0.2, 0) is 6.54 Å². The molecule has 5 nitrogen and oxygen atoms in total. The van der Waals surface area contributed by atoms with E-state index in [1.165, 1.54) is 18.7 Å². The van der Waals surface area contributed by atoms with Gasteiger partial charge in [0, 0.05) is 47.2 Å². The lowest BCUT2D eigenvalue weighted by Gasteiger charge is -2.10. The van der Waals surface area contributed by atoms with Crippen molar-refractivity contribution in [3.63, 3.8) is 0 Å². The molecule has 0 aliphatic carbocycles. The first-order valence-electron chi connectivity index (χ1n) is 9.15. The van der Waals surface area contributed by atoms with Crippen LogP contribution in [0.2, 0.25) is 0 Å². The number of methoxy groups -OCH3 is 1. The second-order valence-corrected chi connectivity index (χ2v) is 7.54. The fraction of sp³-hybridized carbons (Fsp3) is 0.136. The number of anilines is 2. The third kappa shape index (κ3) is 4.21. The number of hydrogen-bond acceptors (Lipinski definition) is 5. The predicted molar refractivity (Wildman–Crippen MR) is 116 cm³/mol. The first-order valence-corrected chi connectivity index (χ1v) is 9.93. The Hall–Kier alpha value is -3.03. The first kappa shape index (κ1) is 19.3. The maximum Gasteiger partial charge on any atom is 0.150 e. The minimum atomic E-state index is -0.361. The minimum Gasteiger partial charge on any atom is -0.497 e. The van der Waals surface area contributed by atoms with Crippen molar-refractivity contribution < 1.29 is 9.13 Å². The summed E-state index contributed by atoms with van der Waals surface area (Å²) in [4.78, 5) is 5.23. The number of nitrogens with one attached hydrogen (secondary N) is 2. The van der Waals surface area contributed by atoms with E-state index in [9.17, 15) is 4.39 Å². The lowest BCUT2D eigenvalue weighted by atomic mass is 10.1. The van der Waals surface area contributed by atoms with Crippen molar-refractivity contribution in [3.05, 3.63) is 78.5 Å². The van der Waals surface area contributed by atoms with Gasteiger partial charge in [-0.2, -0.15) is 0 Å². The molecule has 0 spiro atoms. The second-order valence-electron chi connectivity index (χ2n) is 6.49. The number of ether oxygens (including phenoxy) is 1. The van der Waals surface area contributed by atoms with Crippen LogP contribution in [0.3, 0.4) is 0 Å². The van der Waals surface area contributed by atoms with E-state index in [2.05, 4.69) is 31.9 Å². The Morgan fingerprint density at radius 3 is 2.79 bits per heavy atom. The maximum atomic E-state index is 14.3. The molecule has 0 atom stereocenters. The molecular weight excluding hydrogens is 387 g/mol. The molecule has 2 N–H and O–H groups in total. The predicted octanol–water partition coefficient (Wildman–Crippen LogP) is 5.20. The molecule has 2 aromatic carbocycles. The summed E-state index contributed by atoms with van der Waals surface area (Å²) >= 11 is 1.59. The molecule has 0 saturated carbocycles. The van der Waals surface area contributed by atoms with E-state index >= 15 is 0 Å². The van der Waals surface area contributed by atoms with Gasteiger partial charge in [-0.25, -0.2) is 4.39 Å². The molecule has 0 fully saturated rings. The van der Waals surface area contributed by atoms with Gasteiger partial charge in [-0.15, -0.1) is 0 Å². The average Bonchev–Trinajstić information content (AvgIpc) is 3.07. The molecule has 2 heterocycles. The SMILES string of the molecule is CNCc1cn(Sc2cccnc2)c2cc(Nc3ccc(OC)cc3F)ccc12. The summed E-state index contributed by atoms with van der Waals surface area (Å²) in [7, 11) is 3.45. The van der Waals surface area contributed by atoms with Crippen molar-refractivity contribution in [1.29, 1.82) is 0 Å². The molecule has 4 rings (SSSR count). The van der Waals surface area contributed by atoms with Gasteiger partial charge in [0.1, 0.15) is 11.6 Å². The van der Waals surface area contributed by atoms with Crippen molar-refractivity contribution in [2.45, 2.75) is 11.4 Å². The zero-order valence-electron chi connectivity index (χ0n) is 16.1. The summed E-state index contributed by atoms with van der Waals surface area (Å²) in [6.45, 7) is 0.761. The van der Waals surface area contributed by atoms with Crippen LogP contribution in [0.25, 0.3) is 10.9 Å². The van der Waals surface area contributed by atoms with Gasteiger partial charge in [0.25, 0.3) is 0 Å². The third-order valence-corrected chi connectivity index (χ3v) is 5.47. The van der Waals surface area contributed by atoms with Crippen LogP contribution in [0, 0.1) is 5.82 Å². The number of benzene rings is 2. The van der Waals surface area contributed by atoms with E-state index in [4.69, 9.17) is 4.74 Å². The summed E-state index contributed by atoms with van der Waals surface area (Å²) in [5.41, 5.74) is 3.45. The molecule has 4 aromatic rings. The summed E-state index contributed by atoms with van der Waals surface area (Å²) in [6.07, 6.45) is 5.72.